The Kier molecular flexibility index (Phi) is 7.50. The molecule has 0 saturated carbocycles. The molecule has 1 aliphatic rings. The summed E-state index contributed by atoms with van der Waals surface area (Å²) in [7, 11) is 0. The first-order valence-corrected chi connectivity index (χ1v) is 12.8. The van der Waals surface area contributed by atoms with Gasteiger partial charge in [-0.15, -0.1) is 0 Å². The molecule has 8 heteroatoms. The Balaban J connectivity index is 1.56. The Morgan fingerprint density at radius 2 is 1.72 bits per heavy atom. The van der Waals surface area contributed by atoms with Gasteiger partial charge in [0, 0.05) is 5.56 Å². The average Bonchev–Trinajstić information content (AvgIpc) is 3.06. The van der Waals surface area contributed by atoms with Crippen LogP contribution in [0.3, 0.4) is 0 Å². The van der Waals surface area contributed by atoms with Gasteiger partial charge in [-0.05, 0) is 87.2 Å². The molecule has 3 aromatic rings. The van der Waals surface area contributed by atoms with Crippen LogP contribution < -0.4 is 9.64 Å². The summed E-state index contributed by atoms with van der Waals surface area (Å²) in [6, 6.07) is 23.0. The highest BCUT2D eigenvalue weighted by molar-refractivity contribution is 14.1. The number of halogens is 2. The molecule has 0 N–H and O–H groups in total. The molecule has 1 saturated heterocycles. The van der Waals surface area contributed by atoms with Crippen LogP contribution in [-0.2, 0) is 11.4 Å². The maximum atomic E-state index is 13.0. The quantitative estimate of drug-likeness (QED) is 0.170. The van der Waals surface area contributed by atoms with Crippen LogP contribution in [0.25, 0.3) is 6.08 Å². The third kappa shape index (κ3) is 5.01. The fourth-order valence-corrected chi connectivity index (χ4v) is 6.55. The lowest BCUT2D eigenvalue weighted by molar-refractivity contribution is -0.113. The van der Waals surface area contributed by atoms with Crippen LogP contribution in [0.2, 0.25) is 0 Å². The Morgan fingerprint density at radius 1 is 1.06 bits per heavy atom. The summed E-state index contributed by atoms with van der Waals surface area (Å²) in [6.07, 6.45) is 1.86. The molecule has 4 nitrogen and oxygen atoms in total. The summed E-state index contributed by atoms with van der Waals surface area (Å²) in [5.74, 6) is 0.637. The monoisotopic (exact) mass is 680 g/mol. The molecule has 0 aromatic heterocycles. The molecule has 0 bridgehead atoms. The van der Waals surface area contributed by atoms with Gasteiger partial charge in [0.25, 0.3) is 5.91 Å². The lowest BCUT2D eigenvalue weighted by Crippen LogP contribution is -2.27. The van der Waals surface area contributed by atoms with Crippen molar-refractivity contribution in [2.75, 3.05) is 4.90 Å². The van der Waals surface area contributed by atoms with Gasteiger partial charge in [-0.25, -0.2) is 0 Å². The maximum absolute atomic E-state index is 13.0. The summed E-state index contributed by atoms with van der Waals surface area (Å²) in [4.78, 5) is 15.1. The van der Waals surface area contributed by atoms with Crippen molar-refractivity contribution in [2.24, 2.45) is 0 Å². The highest BCUT2D eigenvalue weighted by Crippen LogP contribution is 2.37. The molecule has 0 atom stereocenters. The fourth-order valence-electron chi connectivity index (χ4n) is 3.12. The number of para-hydroxylation sites is 1. The fraction of sp³-hybridized carbons (Fsp3) is 0.0417. The largest absolute Gasteiger partial charge is 0.487 e. The zero-order valence-corrected chi connectivity index (χ0v) is 22.4. The van der Waals surface area contributed by atoms with E-state index in [1.54, 1.807) is 11.0 Å². The number of hydrogen-bond acceptors (Lipinski definition) is 5. The number of hydrogen-bond donors (Lipinski definition) is 0. The first-order chi connectivity index (χ1) is 15.5. The predicted octanol–water partition coefficient (Wildman–Crippen LogP) is 6.75. The van der Waals surface area contributed by atoms with Crippen molar-refractivity contribution in [2.45, 2.75) is 6.61 Å². The Morgan fingerprint density at radius 3 is 2.41 bits per heavy atom. The van der Waals surface area contributed by atoms with Gasteiger partial charge < -0.3 is 4.74 Å². The molecule has 0 spiro atoms. The number of anilines is 1. The molecule has 0 aliphatic carbocycles. The molecule has 1 aliphatic heterocycles. The Labute approximate surface area is 222 Å². The SMILES string of the molecule is N#Cc1ccccc1COc1c(I)cc(/C=C2/SC(=S)N(c3ccccc3)C2=O)cc1I. The molecule has 32 heavy (non-hydrogen) atoms. The normalized spacial score (nSPS) is 14.7. The van der Waals surface area contributed by atoms with E-state index in [0.29, 0.717) is 21.4 Å². The number of ether oxygens (including phenoxy) is 1. The van der Waals surface area contributed by atoms with Gasteiger partial charge in [0.1, 0.15) is 12.4 Å². The minimum absolute atomic E-state index is 0.121. The van der Waals surface area contributed by atoms with Crippen LogP contribution in [0.15, 0.2) is 71.6 Å². The van der Waals surface area contributed by atoms with Gasteiger partial charge >= 0.3 is 0 Å². The molecule has 1 amide bonds. The average molecular weight is 680 g/mol. The van der Waals surface area contributed by atoms with Gasteiger partial charge in [0.2, 0.25) is 0 Å². The smallest absolute Gasteiger partial charge is 0.270 e. The maximum Gasteiger partial charge on any atom is 0.270 e. The summed E-state index contributed by atoms with van der Waals surface area (Å²) in [5, 5.41) is 9.27. The van der Waals surface area contributed by atoms with E-state index in [4.69, 9.17) is 17.0 Å². The lowest BCUT2D eigenvalue weighted by atomic mass is 10.1. The first-order valence-electron chi connectivity index (χ1n) is 9.41. The van der Waals surface area contributed by atoms with Crippen molar-refractivity contribution >= 4 is 91.2 Å². The summed E-state index contributed by atoms with van der Waals surface area (Å²) >= 11 is 11.2. The van der Waals surface area contributed by atoms with Crippen molar-refractivity contribution in [1.82, 2.24) is 0 Å². The molecular weight excluding hydrogens is 666 g/mol. The zero-order chi connectivity index (χ0) is 22.7. The number of rotatable bonds is 5. The third-order valence-corrected chi connectivity index (χ3v) is 7.54. The van der Waals surface area contributed by atoms with Crippen LogP contribution in [-0.4, -0.2) is 10.2 Å². The second kappa shape index (κ2) is 10.3. The highest BCUT2D eigenvalue weighted by Gasteiger charge is 2.33. The number of carbonyl (C=O) groups excluding carboxylic acids is 1. The van der Waals surface area contributed by atoms with Crippen molar-refractivity contribution in [3.05, 3.63) is 95.5 Å². The predicted molar refractivity (Wildman–Crippen MR) is 149 cm³/mol. The van der Waals surface area contributed by atoms with E-state index in [9.17, 15) is 10.1 Å². The van der Waals surface area contributed by atoms with Crippen molar-refractivity contribution in [3.8, 4) is 11.8 Å². The van der Waals surface area contributed by atoms with E-state index in [0.717, 1.165) is 29.7 Å². The molecule has 0 unspecified atom stereocenters. The minimum Gasteiger partial charge on any atom is -0.487 e. The lowest BCUT2D eigenvalue weighted by Gasteiger charge is -2.14. The number of thioether (sulfide) groups is 1. The van der Waals surface area contributed by atoms with Crippen LogP contribution in [0, 0.1) is 18.5 Å². The Hall–Kier alpha value is -1.94. The van der Waals surface area contributed by atoms with Gasteiger partial charge in [-0.2, -0.15) is 5.26 Å². The van der Waals surface area contributed by atoms with E-state index in [1.807, 2.05) is 66.7 Å². The summed E-state index contributed by atoms with van der Waals surface area (Å²) in [6.45, 7) is 0.310. The molecule has 1 fully saturated rings. The molecular formula is C24H14I2N2O2S2. The number of thiocarbonyl (C=S) groups is 1. The van der Waals surface area contributed by atoms with Gasteiger partial charge in [-0.1, -0.05) is 60.4 Å². The molecule has 3 aromatic carbocycles. The molecule has 158 valence electrons. The van der Waals surface area contributed by atoms with Crippen LogP contribution >= 0.6 is 69.2 Å². The summed E-state index contributed by atoms with van der Waals surface area (Å²) in [5.41, 5.74) is 3.12. The zero-order valence-electron chi connectivity index (χ0n) is 16.4. The number of amides is 1. The van der Waals surface area contributed by atoms with Crippen LogP contribution in [0.4, 0.5) is 5.69 Å². The van der Waals surface area contributed by atoms with E-state index in [1.165, 1.54) is 11.8 Å². The Bertz CT molecular complexity index is 1260. The molecule has 4 rings (SSSR count). The van der Waals surface area contributed by atoms with Gasteiger partial charge in [0.15, 0.2) is 4.32 Å². The minimum atomic E-state index is -0.121. The van der Waals surface area contributed by atoms with Gasteiger partial charge in [0.05, 0.1) is 29.4 Å². The van der Waals surface area contributed by atoms with Crippen LogP contribution in [0.1, 0.15) is 16.7 Å². The van der Waals surface area contributed by atoms with Gasteiger partial charge in [-0.3, -0.25) is 9.69 Å². The van der Waals surface area contributed by atoms with Crippen molar-refractivity contribution < 1.29 is 9.53 Å². The van der Waals surface area contributed by atoms with E-state index >= 15 is 0 Å². The second-order valence-corrected chi connectivity index (χ2v) is 10.7. The van der Waals surface area contributed by atoms with Crippen LogP contribution in [0.5, 0.6) is 5.75 Å². The van der Waals surface area contributed by atoms with E-state index in [-0.39, 0.29) is 5.91 Å². The number of carbonyl (C=O) groups is 1. The van der Waals surface area contributed by atoms with E-state index < -0.39 is 0 Å². The summed E-state index contributed by atoms with van der Waals surface area (Å²) < 4.78 is 8.42. The molecule has 1 heterocycles. The number of nitrogens with zero attached hydrogens (tertiary/aromatic N) is 2. The highest BCUT2D eigenvalue weighted by atomic mass is 127. The number of nitriles is 1. The van der Waals surface area contributed by atoms with E-state index in [2.05, 4.69) is 51.3 Å². The first kappa shape index (κ1) is 23.2. The standard InChI is InChI=1S/C24H14I2N2O2S2/c25-19-10-15(11-20(26)22(19)30-14-17-7-5-4-6-16(17)13-27)12-21-23(29)28(24(31)32-21)18-8-2-1-3-9-18/h1-12H,14H2/b21-12+. The molecule has 0 radical (unpaired) electrons. The van der Waals surface area contributed by atoms with Crippen molar-refractivity contribution in [1.29, 1.82) is 5.26 Å². The number of benzene rings is 3. The third-order valence-electron chi connectivity index (χ3n) is 4.64. The second-order valence-electron chi connectivity index (χ2n) is 6.72. The van der Waals surface area contributed by atoms with Crippen molar-refractivity contribution in [3.63, 3.8) is 0 Å². The topological polar surface area (TPSA) is 53.3 Å².